The summed E-state index contributed by atoms with van der Waals surface area (Å²) in [5.74, 6) is -3.59. The molecule has 2 N–H and O–H groups in total. The Morgan fingerprint density at radius 3 is 2.25 bits per heavy atom. The van der Waals surface area contributed by atoms with Gasteiger partial charge in [-0.25, -0.2) is 8.78 Å². The number of carbonyl (C=O) groups is 1. The Balaban J connectivity index is 2.88. The van der Waals surface area contributed by atoms with Gasteiger partial charge in [-0.05, 0) is 24.6 Å². The van der Waals surface area contributed by atoms with Crippen molar-refractivity contribution >= 4 is 5.91 Å². The first-order chi connectivity index (χ1) is 8.96. The minimum absolute atomic E-state index is 0.151. The van der Waals surface area contributed by atoms with E-state index in [-0.39, 0.29) is 12.1 Å². The third-order valence-electron chi connectivity index (χ3n) is 2.78. The van der Waals surface area contributed by atoms with E-state index in [1.54, 1.807) is 0 Å². The standard InChI is InChI=1S/C12H13F5N2O/c1-11(18,12(15,16)17)10(20)19(2)6-7-3-4-8(13)9(14)5-7/h3-5H,6,18H2,1-2H3. The van der Waals surface area contributed by atoms with Gasteiger partial charge in [-0.15, -0.1) is 0 Å². The van der Waals surface area contributed by atoms with Crippen LogP contribution in [0.3, 0.4) is 0 Å². The summed E-state index contributed by atoms with van der Waals surface area (Å²) in [6.07, 6.45) is -4.91. The van der Waals surface area contributed by atoms with Gasteiger partial charge in [0.15, 0.2) is 17.2 Å². The van der Waals surface area contributed by atoms with Crippen LogP contribution in [0, 0.1) is 11.6 Å². The minimum Gasteiger partial charge on any atom is -0.340 e. The first-order valence-electron chi connectivity index (χ1n) is 5.52. The fourth-order valence-electron chi connectivity index (χ4n) is 1.50. The predicted octanol–water partition coefficient (Wildman–Crippen LogP) is 2.20. The fourth-order valence-corrected chi connectivity index (χ4v) is 1.50. The second-order valence-corrected chi connectivity index (χ2v) is 4.61. The Morgan fingerprint density at radius 2 is 1.80 bits per heavy atom. The summed E-state index contributed by atoms with van der Waals surface area (Å²) in [4.78, 5) is 12.4. The van der Waals surface area contributed by atoms with Crippen molar-refractivity contribution < 1.29 is 26.7 Å². The Morgan fingerprint density at radius 1 is 1.25 bits per heavy atom. The normalized spacial score (nSPS) is 14.8. The molecular weight excluding hydrogens is 283 g/mol. The largest absolute Gasteiger partial charge is 0.415 e. The summed E-state index contributed by atoms with van der Waals surface area (Å²) in [5, 5.41) is 0. The number of amides is 1. The molecule has 0 aliphatic rings. The van der Waals surface area contributed by atoms with E-state index in [1.807, 2.05) is 0 Å². The topological polar surface area (TPSA) is 46.3 Å². The van der Waals surface area contributed by atoms with Crippen LogP contribution in [0.1, 0.15) is 12.5 Å². The third-order valence-corrected chi connectivity index (χ3v) is 2.78. The highest BCUT2D eigenvalue weighted by Gasteiger charge is 2.54. The number of nitrogens with zero attached hydrogens (tertiary/aromatic N) is 1. The number of hydrogen-bond donors (Lipinski definition) is 1. The van der Waals surface area contributed by atoms with E-state index in [1.165, 1.54) is 6.07 Å². The van der Waals surface area contributed by atoms with Gasteiger partial charge in [-0.2, -0.15) is 13.2 Å². The van der Waals surface area contributed by atoms with Gasteiger partial charge in [0.1, 0.15) is 0 Å². The third kappa shape index (κ3) is 3.24. The van der Waals surface area contributed by atoms with Gasteiger partial charge in [0.2, 0.25) is 0 Å². The molecule has 0 aromatic heterocycles. The first-order valence-corrected chi connectivity index (χ1v) is 5.52. The van der Waals surface area contributed by atoms with Crippen LogP contribution in [-0.2, 0) is 11.3 Å². The number of halogens is 5. The fraction of sp³-hybridized carbons (Fsp3) is 0.417. The molecule has 1 amide bonds. The van der Waals surface area contributed by atoms with Crippen LogP contribution in [0.2, 0.25) is 0 Å². The van der Waals surface area contributed by atoms with Crippen molar-refractivity contribution in [1.82, 2.24) is 4.90 Å². The molecule has 0 saturated carbocycles. The highest BCUT2D eigenvalue weighted by molar-refractivity contribution is 5.86. The molecule has 0 aliphatic heterocycles. The average molecular weight is 296 g/mol. The van der Waals surface area contributed by atoms with Gasteiger partial charge in [0, 0.05) is 13.6 Å². The molecular formula is C12H13F5N2O. The number of likely N-dealkylation sites (N-methyl/N-ethyl adjacent to an activating group) is 1. The van der Waals surface area contributed by atoms with E-state index in [4.69, 9.17) is 5.73 Å². The smallest absolute Gasteiger partial charge is 0.340 e. The molecule has 0 saturated heterocycles. The Kier molecular flexibility index (Phi) is 4.38. The van der Waals surface area contributed by atoms with Crippen molar-refractivity contribution in [2.24, 2.45) is 5.73 Å². The van der Waals surface area contributed by atoms with Gasteiger partial charge in [-0.1, -0.05) is 6.07 Å². The average Bonchev–Trinajstić information content (AvgIpc) is 2.31. The van der Waals surface area contributed by atoms with E-state index >= 15 is 0 Å². The number of rotatable bonds is 3. The molecule has 1 unspecified atom stereocenters. The summed E-state index contributed by atoms with van der Waals surface area (Å²) in [6, 6.07) is 2.80. The number of benzene rings is 1. The molecule has 0 heterocycles. The first kappa shape index (κ1) is 16.4. The zero-order valence-electron chi connectivity index (χ0n) is 10.8. The number of nitrogens with two attached hydrogens (primary N) is 1. The molecule has 1 aromatic carbocycles. The van der Waals surface area contributed by atoms with Crippen LogP contribution in [0.5, 0.6) is 0 Å². The van der Waals surface area contributed by atoms with Crippen molar-refractivity contribution in [3.63, 3.8) is 0 Å². The van der Waals surface area contributed by atoms with Crippen molar-refractivity contribution in [3.05, 3.63) is 35.4 Å². The van der Waals surface area contributed by atoms with Crippen molar-refractivity contribution in [2.75, 3.05) is 7.05 Å². The maximum Gasteiger partial charge on any atom is 0.415 e. The Labute approximate surface area is 112 Å². The SMILES string of the molecule is CN(Cc1ccc(F)c(F)c1)C(=O)C(C)(N)C(F)(F)F. The quantitative estimate of drug-likeness (QED) is 0.869. The van der Waals surface area contributed by atoms with E-state index < -0.39 is 29.3 Å². The number of hydrogen-bond acceptors (Lipinski definition) is 2. The molecule has 20 heavy (non-hydrogen) atoms. The maximum atomic E-state index is 13.0. The lowest BCUT2D eigenvalue weighted by molar-refractivity contribution is -0.193. The number of alkyl halides is 3. The predicted molar refractivity (Wildman–Crippen MR) is 61.5 cm³/mol. The van der Waals surface area contributed by atoms with Crippen LogP contribution < -0.4 is 5.73 Å². The van der Waals surface area contributed by atoms with E-state index in [2.05, 4.69) is 0 Å². The molecule has 0 spiro atoms. The van der Waals surface area contributed by atoms with Gasteiger partial charge >= 0.3 is 6.18 Å². The Hall–Kier alpha value is -1.70. The van der Waals surface area contributed by atoms with Crippen LogP contribution >= 0.6 is 0 Å². The summed E-state index contributed by atoms with van der Waals surface area (Å²) in [5.41, 5.74) is 2.10. The van der Waals surface area contributed by atoms with Gasteiger partial charge < -0.3 is 10.6 Å². The van der Waals surface area contributed by atoms with E-state index in [0.717, 1.165) is 19.2 Å². The molecule has 1 rings (SSSR count). The molecule has 0 aliphatic carbocycles. The lowest BCUT2D eigenvalue weighted by atomic mass is 10.0. The summed E-state index contributed by atoms with van der Waals surface area (Å²) in [7, 11) is 1.10. The molecule has 0 radical (unpaired) electrons. The molecule has 112 valence electrons. The second kappa shape index (κ2) is 5.35. The monoisotopic (exact) mass is 296 g/mol. The zero-order valence-corrected chi connectivity index (χ0v) is 10.8. The molecule has 8 heteroatoms. The number of carbonyl (C=O) groups excluding carboxylic acids is 1. The van der Waals surface area contributed by atoms with Gasteiger partial charge in [0.05, 0.1) is 0 Å². The summed E-state index contributed by atoms with van der Waals surface area (Å²) in [6.45, 7) is 0.232. The van der Waals surface area contributed by atoms with Crippen LogP contribution in [0.4, 0.5) is 22.0 Å². The minimum atomic E-state index is -4.91. The maximum absolute atomic E-state index is 13.0. The van der Waals surface area contributed by atoms with E-state index in [9.17, 15) is 26.7 Å². The molecule has 3 nitrogen and oxygen atoms in total. The molecule has 0 fully saturated rings. The van der Waals surface area contributed by atoms with E-state index in [0.29, 0.717) is 11.8 Å². The lowest BCUT2D eigenvalue weighted by Crippen LogP contribution is -2.61. The van der Waals surface area contributed by atoms with Crippen molar-refractivity contribution in [3.8, 4) is 0 Å². The van der Waals surface area contributed by atoms with Crippen molar-refractivity contribution in [2.45, 2.75) is 25.2 Å². The highest BCUT2D eigenvalue weighted by atomic mass is 19.4. The summed E-state index contributed by atoms with van der Waals surface area (Å²) < 4.78 is 63.5. The summed E-state index contributed by atoms with van der Waals surface area (Å²) >= 11 is 0. The van der Waals surface area contributed by atoms with Crippen LogP contribution in [-0.4, -0.2) is 29.6 Å². The van der Waals surface area contributed by atoms with Crippen LogP contribution in [0.15, 0.2) is 18.2 Å². The molecule has 1 aromatic rings. The van der Waals surface area contributed by atoms with Gasteiger partial charge in [0.25, 0.3) is 5.91 Å². The zero-order chi connectivity index (χ0) is 15.7. The van der Waals surface area contributed by atoms with Crippen LogP contribution in [0.25, 0.3) is 0 Å². The second-order valence-electron chi connectivity index (χ2n) is 4.61. The Bertz CT molecular complexity index is 513. The lowest BCUT2D eigenvalue weighted by Gasteiger charge is -2.30. The van der Waals surface area contributed by atoms with Crippen molar-refractivity contribution in [1.29, 1.82) is 0 Å². The molecule has 0 bridgehead atoms. The van der Waals surface area contributed by atoms with Gasteiger partial charge in [-0.3, -0.25) is 4.79 Å². The molecule has 1 atom stereocenters. The highest BCUT2D eigenvalue weighted by Crippen LogP contribution is 2.29.